The average Bonchev–Trinajstić information content (AvgIpc) is 3.11. The van der Waals surface area contributed by atoms with Gasteiger partial charge in [-0.1, -0.05) is 12.1 Å². The fourth-order valence-corrected chi connectivity index (χ4v) is 2.67. The van der Waals surface area contributed by atoms with E-state index in [1.54, 1.807) is 18.0 Å². The van der Waals surface area contributed by atoms with Crippen LogP contribution < -0.4 is 5.73 Å². The number of hydrogen-bond acceptors (Lipinski definition) is 5. The Balaban J connectivity index is 0.000000248. The van der Waals surface area contributed by atoms with E-state index in [9.17, 15) is 22.7 Å². The first kappa shape index (κ1) is 23.9. The summed E-state index contributed by atoms with van der Waals surface area (Å²) in [6.07, 6.45) is -3.45. The summed E-state index contributed by atoms with van der Waals surface area (Å²) in [6.45, 7) is 0.542. The molecule has 0 bridgehead atoms. The summed E-state index contributed by atoms with van der Waals surface area (Å²) in [5.74, 6) is -0.347. The Morgan fingerprint density at radius 2 is 1.73 bits per heavy atom. The highest BCUT2D eigenvalue weighted by Gasteiger charge is 2.29. The first-order valence-electron chi connectivity index (χ1n) is 8.70. The summed E-state index contributed by atoms with van der Waals surface area (Å²) < 4.78 is 55.1. The van der Waals surface area contributed by atoms with E-state index >= 15 is 0 Å². The van der Waals surface area contributed by atoms with Gasteiger partial charge in [-0.15, -0.1) is 12.6 Å². The molecule has 5 nitrogen and oxygen atoms in total. The molecular weight excluding hydrogens is 422 g/mol. The van der Waals surface area contributed by atoms with Crippen molar-refractivity contribution >= 4 is 12.6 Å². The van der Waals surface area contributed by atoms with Crippen molar-refractivity contribution in [2.75, 3.05) is 7.11 Å². The summed E-state index contributed by atoms with van der Waals surface area (Å²) >= 11 is 3.86. The Hall–Kier alpha value is -2.40. The van der Waals surface area contributed by atoms with E-state index in [1.165, 1.54) is 36.4 Å². The minimum absolute atomic E-state index is 0.261. The zero-order valence-electron chi connectivity index (χ0n) is 16.0. The number of ether oxygens (including phenoxy) is 1. The monoisotopic (exact) mass is 443 g/mol. The van der Waals surface area contributed by atoms with Gasteiger partial charge < -0.3 is 15.6 Å². The van der Waals surface area contributed by atoms with Crippen LogP contribution in [0.3, 0.4) is 0 Å². The quantitative estimate of drug-likeness (QED) is 0.409. The van der Waals surface area contributed by atoms with Gasteiger partial charge in [0.05, 0.1) is 5.56 Å². The minimum Gasteiger partial charge on any atom is -0.382 e. The van der Waals surface area contributed by atoms with E-state index in [4.69, 9.17) is 10.5 Å². The maximum Gasteiger partial charge on any atom is 0.416 e. The molecule has 1 unspecified atom stereocenters. The molecule has 30 heavy (non-hydrogen) atoms. The van der Waals surface area contributed by atoms with E-state index in [0.29, 0.717) is 16.2 Å². The van der Waals surface area contributed by atoms with E-state index < -0.39 is 17.8 Å². The van der Waals surface area contributed by atoms with Crippen molar-refractivity contribution in [1.82, 2.24) is 9.78 Å². The molecule has 0 saturated carbocycles. The van der Waals surface area contributed by atoms with E-state index in [1.807, 2.05) is 0 Å². The Labute approximate surface area is 176 Å². The lowest BCUT2D eigenvalue weighted by Gasteiger charge is -2.10. The van der Waals surface area contributed by atoms with Crippen LogP contribution >= 0.6 is 12.6 Å². The lowest BCUT2D eigenvalue weighted by atomic mass is 10.0. The molecule has 10 heteroatoms. The van der Waals surface area contributed by atoms with Crippen LogP contribution in [0, 0.1) is 5.82 Å². The summed E-state index contributed by atoms with van der Waals surface area (Å²) in [5, 5.41) is 14.5. The zero-order chi connectivity index (χ0) is 22.3. The molecule has 2 aromatic carbocycles. The van der Waals surface area contributed by atoms with Crippen LogP contribution in [0.25, 0.3) is 0 Å². The smallest absolute Gasteiger partial charge is 0.382 e. The number of halogens is 4. The summed E-state index contributed by atoms with van der Waals surface area (Å²) in [7, 11) is 1.56. The SMILES string of the molecule is COCn1cc(CN)c(C(O)c2ccc(F)cc2)n1.FC(F)(F)c1ccc(S)cc1. The van der Waals surface area contributed by atoms with Gasteiger partial charge in [0, 0.05) is 30.3 Å². The molecule has 1 atom stereocenters. The Morgan fingerprint density at radius 1 is 1.13 bits per heavy atom. The molecule has 0 saturated heterocycles. The molecule has 0 aliphatic heterocycles. The first-order chi connectivity index (χ1) is 14.2. The number of thiol groups is 1. The van der Waals surface area contributed by atoms with Crippen molar-refractivity contribution in [3.8, 4) is 0 Å². The van der Waals surface area contributed by atoms with E-state index in [0.717, 1.165) is 17.7 Å². The summed E-state index contributed by atoms with van der Waals surface area (Å²) in [5.41, 5.74) is 6.75. The van der Waals surface area contributed by atoms with Crippen molar-refractivity contribution in [2.45, 2.75) is 30.5 Å². The van der Waals surface area contributed by atoms with Gasteiger partial charge in [0.15, 0.2) is 0 Å². The van der Waals surface area contributed by atoms with Crippen LogP contribution in [0.15, 0.2) is 59.6 Å². The number of hydrogen-bond donors (Lipinski definition) is 3. The molecule has 0 spiro atoms. The van der Waals surface area contributed by atoms with E-state index in [2.05, 4.69) is 17.7 Å². The molecule has 162 valence electrons. The lowest BCUT2D eigenvalue weighted by Crippen LogP contribution is -2.07. The van der Waals surface area contributed by atoms with Crippen LogP contribution in [-0.2, 0) is 24.2 Å². The second-order valence-corrected chi connectivity index (χ2v) is 6.72. The molecule has 0 fully saturated rings. The number of nitrogens with zero attached hydrogens (tertiary/aromatic N) is 2. The van der Waals surface area contributed by atoms with Gasteiger partial charge in [-0.3, -0.25) is 0 Å². The number of aliphatic hydroxyl groups is 1. The molecule has 1 aromatic heterocycles. The largest absolute Gasteiger partial charge is 0.416 e. The topological polar surface area (TPSA) is 73.3 Å². The Morgan fingerprint density at radius 3 is 2.23 bits per heavy atom. The normalized spacial score (nSPS) is 12.3. The highest BCUT2D eigenvalue weighted by molar-refractivity contribution is 7.80. The number of benzene rings is 2. The molecule has 0 radical (unpaired) electrons. The lowest BCUT2D eigenvalue weighted by molar-refractivity contribution is -0.137. The van der Waals surface area contributed by atoms with Crippen LogP contribution in [0.1, 0.15) is 28.5 Å². The van der Waals surface area contributed by atoms with Crippen LogP contribution in [-0.4, -0.2) is 22.0 Å². The van der Waals surface area contributed by atoms with Crippen molar-refractivity contribution in [3.05, 3.63) is 82.9 Å². The predicted octanol–water partition coefficient (Wildman–Crippen LogP) is 4.16. The molecule has 3 rings (SSSR count). The van der Waals surface area contributed by atoms with E-state index in [-0.39, 0.29) is 19.1 Å². The van der Waals surface area contributed by atoms with Gasteiger partial charge in [0.1, 0.15) is 24.3 Å². The van der Waals surface area contributed by atoms with Gasteiger partial charge >= 0.3 is 6.18 Å². The summed E-state index contributed by atoms with van der Waals surface area (Å²) in [4.78, 5) is 0.526. The van der Waals surface area contributed by atoms with Crippen molar-refractivity contribution in [1.29, 1.82) is 0 Å². The molecule has 0 aliphatic rings. The van der Waals surface area contributed by atoms with Crippen molar-refractivity contribution in [2.24, 2.45) is 5.73 Å². The fourth-order valence-electron chi connectivity index (χ4n) is 2.52. The maximum atomic E-state index is 12.9. The molecule has 1 heterocycles. The minimum atomic E-state index is -4.25. The molecule has 3 N–H and O–H groups in total. The Kier molecular flexibility index (Phi) is 8.42. The summed E-state index contributed by atoms with van der Waals surface area (Å²) in [6, 6.07) is 10.3. The van der Waals surface area contributed by atoms with Crippen LogP contribution in [0.4, 0.5) is 17.6 Å². The highest BCUT2D eigenvalue weighted by Crippen LogP contribution is 2.29. The molecule has 0 aliphatic carbocycles. The number of methoxy groups -OCH3 is 1. The first-order valence-corrected chi connectivity index (χ1v) is 9.15. The number of rotatable bonds is 5. The molecular formula is C20H21F4N3O2S. The molecule has 3 aromatic rings. The Bertz CT molecular complexity index is 929. The number of nitrogens with two attached hydrogens (primary N) is 1. The highest BCUT2D eigenvalue weighted by atomic mass is 32.1. The fraction of sp³-hybridized carbons (Fsp3) is 0.250. The average molecular weight is 443 g/mol. The standard InChI is InChI=1S/C13H16FN3O2.C7H5F3S/c1-19-8-17-7-10(6-15)12(16-17)13(18)9-2-4-11(14)5-3-9;8-7(9,10)5-1-3-6(11)4-2-5/h2-5,7,13,18H,6,8,15H2,1H3;1-4,11H. The maximum absolute atomic E-state index is 12.9. The third-order valence-electron chi connectivity index (χ3n) is 3.99. The van der Waals surface area contributed by atoms with Crippen molar-refractivity contribution < 1.29 is 27.4 Å². The van der Waals surface area contributed by atoms with Gasteiger partial charge in [-0.2, -0.15) is 18.3 Å². The number of aromatic nitrogens is 2. The second kappa shape index (κ2) is 10.6. The predicted molar refractivity (Wildman–Crippen MR) is 106 cm³/mol. The van der Waals surface area contributed by atoms with Gasteiger partial charge in [-0.25, -0.2) is 9.07 Å². The van der Waals surface area contributed by atoms with Crippen LogP contribution in [0.2, 0.25) is 0 Å². The van der Waals surface area contributed by atoms with Crippen LogP contribution in [0.5, 0.6) is 0 Å². The zero-order valence-corrected chi connectivity index (χ0v) is 16.9. The van der Waals surface area contributed by atoms with Crippen molar-refractivity contribution in [3.63, 3.8) is 0 Å². The van der Waals surface area contributed by atoms with Gasteiger partial charge in [0.25, 0.3) is 0 Å². The van der Waals surface area contributed by atoms with Gasteiger partial charge in [-0.05, 0) is 42.0 Å². The number of alkyl halides is 3. The third kappa shape index (κ3) is 6.56. The second-order valence-electron chi connectivity index (χ2n) is 6.20. The number of aliphatic hydroxyl groups excluding tert-OH is 1. The van der Waals surface area contributed by atoms with Gasteiger partial charge in [0.2, 0.25) is 0 Å². The third-order valence-corrected chi connectivity index (χ3v) is 4.29. The molecule has 0 amide bonds.